The molecule has 0 saturated heterocycles. The van der Waals surface area contributed by atoms with Gasteiger partial charge in [0, 0.05) is 0 Å². The number of benzene rings is 1. The standard InChI is InChI=1S/C16H18N2O3/c1-11-6-12(2)8-15(7-11)20-10-16(19)18-17-9-14-5-4-13(3)21-14/h4-9H,10H2,1-3H3,(H,18,19)/b17-9-. The lowest BCUT2D eigenvalue weighted by molar-refractivity contribution is -0.123. The third-order valence-electron chi connectivity index (χ3n) is 2.71. The van der Waals surface area contributed by atoms with Crippen LogP contribution in [0.4, 0.5) is 0 Å². The zero-order chi connectivity index (χ0) is 15.2. The van der Waals surface area contributed by atoms with Crippen molar-refractivity contribution in [1.82, 2.24) is 5.43 Å². The summed E-state index contributed by atoms with van der Waals surface area (Å²) in [5, 5.41) is 3.80. The average Bonchev–Trinajstić information content (AvgIpc) is 2.81. The van der Waals surface area contributed by atoms with Crippen molar-refractivity contribution in [3.05, 3.63) is 53.0 Å². The van der Waals surface area contributed by atoms with E-state index in [1.54, 1.807) is 6.07 Å². The van der Waals surface area contributed by atoms with E-state index in [4.69, 9.17) is 9.15 Å². The minimum absolute atomic E-state index is 0.0859. The first-order chi connectivity index (χ1) is 10.0. The van der Waals surface area contributed by atoms with Gasteiger partial charge in [0.25, 0.3) is 5.91 Å². The molecule has 5 nitrogen and oxygen atoms in total. The number of aryl methyl sites for hydroxylation is 3. The molecule has 1 amide bonds. The Bertz CT molecular complexity index is 639. The van der Waals surface area contributed by atoms with Gasteiger partial charge < -0.3 is 9.15 Å². The predicted octanol–water partition coefficient (Wildman–Crippen LogP) is 2.73. The van der Waals surface area contributed by atoms with E-state index in [1.807, 2.05) is 45.0 Å². The summed E-state index contributed by atoms with van der Waals surface area (Å²) in [6, 6.07) is 9.41. The number of rotatable bonds is 5. The molecule has 1 aromatic heterocycles. The molecule has 21 heavy (non-hydrogen) atoms. The largest absolute Gasteiger partial charge is 0.484 e. The number of hydrogen-bond acceptors (Lipinski definition) is 4. The van der Waals surface area contributed by atoms with Crippen molar-refractivity contribution < 1.29 is 13.9 Å². The second-order valence-corrected chi connectivity index (χ2v) is 4.85. The number of amides is 1. The third-order valence-corrected chi connectivity index (χ3v) is 2.71. The van der Waals surface area contributed by atoms with Crippen LogP contribution in [0.25, 0.3) is 0 Å². The van der Waals surface area contributed by atoms with Gasteiger partial charge in [-0.1, -0.05) is 6.07 Å². The van der Waals surface area contributed by atoms with Crippen LogP contribution in [0.2, 0.25) is 0 Å². The predicted molar refractivity (Wildman–Crippen MR) is 80.6 cm³/mol. The van der Waals surface area contributed by atoms with Crippen LogP contribution in [-0.2, 0) is 4.79 Å². The maximum absolute atomic E-state index is 11.6. The average molecular weight is 286 g/mol. The first-order valence-corrected chi connectivity index (χ1v) is 6.62. The monoisotopic (exact) mass is 286 g/mol. The fourth-order valence-electron chi connectivity index (χ4n) is 1.89. The lowest BCUT2D eigenvalue weighted by Crippen LogP contribution is -2.24. The molecular formula is C16H18N2O3. The van der Waals surface area contributed by atoms with Gasteiger partial charge in [-0.25, -0.2) is 5.43 Å². The number of nitrogens with one attached hydrogen (secondary N) is 1. The van der Waals surface area contributed by atoms with E-state index in [0.29, 0.717) is 11.5 Å². The number of carbonyl (C=O) groups is 1. The van der Waals surface area contributed by atoms with Gasteiger partial charge in [0.1, 0.15) is 17.3 Å². The Balaban J connectivity index is 1.80. The van der Waals surface area contributed by atoms with Crippen molar-refractivity contribution in [2.24, 2.45) is 5.10 Å². The molecule has 1 heterocycles. The molecule has 0 aliphatic heterocycles. The van der Waals surface area contributed by atoms with Gasteiger partial charge in [-0.15, -0.1) is 0 Å². The number of furan rings is 1. The SMILES string of the molecule is Cc1cc(C)cc(OCC(=O)N/N=C\c2ccc(C)o2)c1. The quantitative estimate of drug-likeness (QED) is 0.679. The molecule has 2 rings (SSSR count). The van der Waals surface area contributed by atoms with Crippen LogP contribution in [0.5, 0.6) is 5.75 Å². The van der Waals surface area contributed by atoms with Crippen molar-refractivity contribution >= 4 is 12.1 Å². The van der Waals surface area contributed by atoms with Gasteiger partial charge in [-0.2, -0.15) is 5.10 Å². The molecule has 1 N–H and O–H groups in total. The highest BCUT2D eigenvalue weighted by molar-refractivity contribution is 5.81. The highest BCUT2D eigenvalue weighted by atomic mass is 16.5. The normalized spacial score (nSPS) is 10.8. The second kappa shape index (κ2) is 6.74. The number of hydrazone groups is 1. The summed E-state index contributed by atoms with van der Waals surface area (Å²) >= 11 is 0. The Hall–Kier alpha value is -2.56. The summed E-state index contributed by atoms with van der Waals surface area (Å²) in [5.41, 5.74) is 4.57. The minimum Gasteiger partial charge on any atom is -0.484 e. The van der Waals surface area contributed by atoms with E-state index < -0.39 is 0 Å². The van der Waals surface area contributed by atoms with Gasteiger partial charge in [0.2, 0.25) is 0 Å². The van der Waals surface area contributed by atoms with Crippen molar-refractivity contribution in [2.45, 2.75) is 20.8 Å². The molecule has 1 aromatic carbocycles. The Morgan fingerprint density at radius 2 is 1.95 bits per heavy atom. The molecular weight excluding hydrogens is 268 g/mol. The molecule has 0 aliphatic carbocycles. The third kappa shape index (κ3) is 4.80. The van der Waals surface area contributed by atoms with Gasteiger partial charge in [-0.05, 0) is 56.2 Å². The summed E-state index contributed by atoms with van der Waals surface area (Å²) in [4.78, 5) is 11.6. The van der Waals surface area contributed by atoms with Crippen molar-refractivity contribution in [1.29, 1.82) is 0 Å². The molecule has 0 saturated carbocycles. The Morgan fingerprint density at radius 1 is 1.24 bits per heavy atom. The number of ether oxygens (including phenoxy) is 1. The molecule has 0 spiro atoms. The van der Waals surface area contributed by atoms with E-state index in [0.717, 1.165) is 16.9 Å². The summed E-state index contributed by atoms with van der Waals surface area (Å²) in [6.07, 6.45) is 1.45. The van der Waals surface area contributed by atoms with E-state index in [-0.39, 0.29) is 12.5 Å². The molecule has 0 fully saturated rings. The van der Waals surface area contributed by atoms with Gasteiger partial charge >= 0.3 is 0 Å². The molecule has 0 radical (unpaired) electrons. The molecule has 0 atom stereocenters. The van der Waals surface area contributed by atoms with Crippen LogP contribution in [0.1, 0.15) is 22.6 Å². The summed E-state index contributed by atoms with van der Waals surface area (Å²) in [6.45, 7) is 5.72. The van der Waals surface area contributed by atoms with E-state index >= 15 is 0 Å². The molecule has 0 unspecified atom stereocenters. The van der Waals surface area contributed by atoms with Crippen LogP contribution >= 0.6 is 0 Å². The first kappa shape index (κ1) is 14.8. The molecule has 110 valence electrons. The highest BCUT2D eigenvalue weighted by Crippen LogP contribution is 2.15. The summed E-state index contributed by atoms with van der Waals surface area (Å²) in [5.74, 6) is 1.73. The Kier molecular flexibility index (Phi) is 4.77. The maximum Gasteiger partial charge on any atom is 0.277 e. The smallest absolute Gasteiger partial charge is 0.277 e. The topological polar surface area (TPSA) is 63.8 Å². The van der Waals surface area contributed by atoms with Crippen molar-refractivity contribution in [3.63, 3.8) is 0 Å². The van der Waals surface area contributed by atoms with Gasteiger partial charge in [0.05, 0.1) is 6.21 Å². The lowest BCUT2D eigenvalue weighted by atomic mass is 10.1. The Labute approximate surface area is 123 Å². The zero-order valence-electron chi connectivity index (χ0n) is 12.3. The highest BCUT2D eigenvalue weighted by Gasteiger charge is 2.02. The molecule has 0 aliphatic rings. The minimum atomic E-state index is -0.325. The van der Waals surface area contributed by atoms with Crippen LogP contribution in [0.3, 0.4) is 0 Å². The van der Waals surface area contributed by atoms with Crippen LogP contribution in [0, 0.1) is 20.8 Å². The van der Waals surface area contributed by atoms with Crippen molar-refractivity contribution in [2.75, 3.05) is 6.61 Å². The van der Waals surface area contributed by atoms with E-state index in [9.17, 15) is 4.79 Å². The van der Waals surface area contributed by atoms with Crippen LogP contribution in [-0.4, -0.2) is 18.7 Å². The number of nitrogens with zero attached hydrogens (tertiary/aromatic N) is 1. The van der Waals surface area contributed by atoms with Crippen LogP contribution < -0.4 is 10.2 Å². The van der Waals surface area contributed by atoms with Crippen molar-refractivity contribution in [3.8, 4) is 5.75 Å². The summed E-state index contributed by atoms with van der Waals surface area (Å²) < 4.78 is 10.7. The molecule has 0 bridgehead atoms. The fraction of sp³-hybridized carbons (Fsp3) is 0.250. The molecule has 5 heteroatoms. The maximum atomic E-state index is 11.6. The van der Waals surface area contributed by atoms with Gasteiger partial charge in [-0.3, -0.25) is 4.79 Å². The summed E-state index contributed by atoms with van der Waals surface area (Å²) in [7, 11) is 0. The van der Waals surface area contributed by atoms with Gasteiger partial charge in [0.15, 0.2) is 6.61 Å². The Morgan fingerprint density at radius 3 is 2.57 bits per heavy atom. The second-order valence-electron chi connectivity index (χ2n) is 4.85. The molecule has 2 aromatic rings. The first-order valence-electron chi connectivity index (χ1n) is 6.62. The van der Waals surface area contributed by atoms with Crippen LogP contribution in [0.15, 0.2) is 39.9 Å². The number of hydrogen-bond donors (Lipinski definition) is 1. The fourth-order valence-corrected chi connectivity index (χ4v) is 1.89. The zero-order valence-corrected chi connectivity index (χ0v) is 12.3. The van der Waals surface area contributed by atoms with E-state index in [2.05, 4.69) is 10.5 Å². The lowest BCUT2D eigenvalue weighted by Gasteiger charge is -2.07. The van der Waals surface area contributed by atoms with E-state index in [1.165, 1.54) is 6.21 Å². The number of carbonyl (C=O) groups excluding carboxylic acids is 1.